The molecule has 2 N–H and O–H groups in total. The second-order valence-electron chi connectivity index (χ2n) is 5.21. The van der Waals surface area contributed by atoms with E-state index in [4.69, 9.17) is 0 Å². The molecule has 100 valence electrons. The van der Waals surface area contributed by atoms with E-state index in [1.54, 1.807) is 0 Å². The molecule has 0 aliphatic heterocycles. The summed E-state index contributed by atoms with van der Waals surface area (Å²) >= 11 is 0. The zero-order valence-electron chi connectivity index (χ0n) is 11.5. The zero-order valence-corrected chi connectivity index (χ0v) is 11.5. The van der Waals surface area contributed by atoms with Gasteiger partial charge in [0.05, 0.1) is 0 Å². The number of carbonyl (C=O) groups excluding carboxylic acids is 1. The summed E-state index contributed by atoms with van der Waals surface area (Å²) in [5, 5.41) is 6.25. The van der Waals surface area contributed by atoms with Crippen LogP contribution in [0.3, 0.4) is 0 Å². The van der Waals surface area contributed by atoms with Gasteiger partial charge in [0.2, 0.25) is 5.91 Å². The monoisotopic (exact) mass is 241 g/mol. The topological polar surface area (TPSA) is 44.4 Å². The summed E-state index contributed by atoms with van der Waals surface area (Å²) in [4.78, 5) is 14.0. The molecular weight excluding hydrogens is 214 g/mol. The van der Waals surface area contributed by atoms with E-state index in [1.807, 2.05) is 0 Å². The first-order valence-electron chi connectivity index (χ1n) is 6.75. The summed E-state index contributed by atoms with van der Waals surface area (Å²) in [6, 6.07) is 0. The first kappa shape index (κ1) is 14.5. The molecule has 1 fully saturated rings. The highest BCUT2D eigenvalue weighted by atomic mass is 16.1. The molecule has 0 atom stereocenters. The van der Waals surface area contributed by atoms with Gasteiger partial charge in [-0.3, -0.25) is 4.79 Å². The maximum Gasteiger partial charge on any atom is 0.221 e. The summed E-state index contributed by atoms with van der Waals surface area (Å²) in [5.74, 6) is 0.166. The quantitative estimate of drug-likeness (QED) is 0.653. The van der Waals surface area contributed by atoms with Gasteiger partial charge in [0.15, 0.2) is 0 Å². The number of nitrogens with zero attached hydrogens (tertiary/aromatic N) is 1. The zero-order chi connectivity index (χ0) is 12.7. The average molecular weight is 241 g/mol. The smallest absolute Gasteiger partial charge is 0.221 e. The number of hydrogen-bond acceptors (Lipinski definition) is 3. The molecule has 0 bridgehead atoms. The van der Waals surface area contributed by atoms with E-state index in [-0.39, 0.29) is 11.4 Å². The molecule has 4 nitrogen and oxygen atoms in total. The molecule has 0 unspecified atom stereocenters. The lowest BCUT2D eigenvalue weighted by atomic mass is 9.96. The van der Waals surface area contributed by atoms with Crippen LogP contribution < -0.4 is 10.6 Å². The first-order valence-corrected chi connectivity index (χ1v) is 6.75. The lowest BCUT2D eigenvalue weighted by molar-refractivity contribution is -0.121. The van der Waals surface area contributed by atoms with Gasteiger partial charge in [0.1, 0.15) is 0 Å². The fourth-order valence-electron chi connectivity index (χ4n) is 2.55. The van der Waals surface area contributed by atoms with Crippen molar-refractivity contribution in [2.75, 3.05) is 33.7 Å². The van der Waals surface area contributed by atoms with Gasteiger partial charge in [-0.2, -0.15) is 0 Å². The Labute approximate surface area is 105 Å². The third kappa shape index (κ3) is 4.28. The SMILES string of the molecule is CCNCCC(=O)NCC1(N(C)C)CCCC1. The molecule has 0 aromatic heterocycles. The summed E-state index contributed by atoms with van der Waals surface area (Å²) in [6.45, 7) is 4.55. The fraction of sp³-hybridized carbons (Fsp3) is 0.923. The minimum absolute atomic E-state index is 0.166. The largest absolute Gasteiger partial charge is 0.354 e. The Kier molecular flexibility index (Phi) is 5.92. The van der Waals surface area contributed by atoms with Crippen LogP contribution in [0.4, 0.5) is 0 Å². The minimum atomic E-state index is 0.166. The summed E-state index contributed by atoms with van der Waals surface area (Å²) in [7, 11) is 4.24. The van der Waals surface area contributed by atoms with E-state index in [2.05, 4.69) is 36.6 Å². The van der Waals surface area contributed by atoms with Crippen LogP contribution in [0.1, 0.15) is 39.0 Å². The van der Waals surface area contributed by atoms with E-state index < -0.39 is 0 Å². The molecule has 0 aromatic rings. The van der Waals surface area contributed by atoms with Gasteiger partial charge >= 0.3 is 0 Å². The Morgan fingerprint density at radius 2 is 1.94 bits per heavy atom. The molecular formula is C13H27N3O. The molecule has 1 aliphatic rings. The highest BCUT2D eigenvalue weighted by molar-refractivity contribution is 5.76. The van der Waals surface area contributed by atoms with Crippen LogP contribution in [0.5, 0.6) is 0 Å². The van der Waals surface area contributed by atoms with Gasteiger partial charge < -0.3 is 15.5 Å². The van der Waals surface area contributed by atoms with Crippen LogP contribution in [0.2, 0.25) is 0 Å². The minimum Gasteiger partial charge on any atom is -0.354 e. The number of nitrogens with one attached hydrogen (secondary N) is 2. The number of carbonyl (C=O) groups is 1. The fourth-order valence-corrected chi connectivity index (χ4v) is 2.55. The van der Waals surface area contributed by atoms with Gasteiger partial charge in [-0.05, 0) is 33.5 Å². The van der Waals surface area contributed by atoms with Crippen LogP contribution >= 0.6 is 0 Å². The van der Waals surface area contributed by atoms with Crippen LogP contribution in [-0.4, -0.2) is 50.1 Å². The molecule has 0 radical (unpaired) electrons. The third-order valence-electron chi connectivity index (χ3n) is 3.88. The summed E-state index contributed by atoms with van der Waals surface area (Å²) < 4.78 is 0. The van der Waals surface area contributed by atoms with E-state index in [0.717, 1.165) is 19.6 Å². The van der Waals surface area contributed by atoms with Gasteiger partial charge in [0, 0.05) is 25.0 Å². The Hall–Kier alpha value is -0.610. The summed E-state index contributed by atoms with van der Waals surface area (Å²) in [6.07, 6.45) is 5.55. The standard InChI is InChI=1S/C13H27N3O/c1-4-14-10-7-12(17)15-11-13(16(2)3)8-5-6-9-13/h14H,4-11H2,1-3H3,(H,15,17). The molecule has 0 spiro atoms. The lowest BCUT2D eigenvalue weighted by Gasteiger charge is -2.36. The van der Waals surface area contributed by atoms with E-state index >= 15 is 0 Å². The predicted molar refractivity (Wildman–Crippen MR) is 71.1 cm³/mol. The molecule has 0 aromatic carbocycles. The second-order valence-corrected chi connectivity index (χ2v) is 5.21. The van der Waals surface area contributed by atoms with Crippen LogP contribution in [0, 0.1) is 0 Å². The van der Waals surface area contributed by atoms with Crippen LogP contribution in [0.25, 0.3) is 0 Å². The van der Waals surface area contributed by atoms with Gasteiger partial charge in [-0.25, -0.2) is 0 Å². The van der Waals surface area contributed by atoms with E-state index in [0.29, 0.717) is 6.42 Å². The Morgan fingerprint density at radius 1 is 1.29 bits per heavy atom. The molecule has 1 amide bonds. The van der Waals surface area contributed by atoms with Crippen molar-refractivity contribution in [1.82, 2.24) is 15.5 Å². The maximum absolute atomic E-state index is 11.7. The van der Waals surface area contributed by atoms with Crippen LogP contribution in [-0.2, 0) is 4.79 Å². The van der Waals surface area contributed by atoms with Crippen molar-refractivity contribution in [3.63, 3.8) is 0 Å². The molecule has 4 heteroatoms. The van der Waals surface area contributed by atoms with Gasteiger partial charge in [0.25, 0.3) is 0 Å². The number of hydrogen-bond donors (Lipinski definition) is 2. The highest BCUT2D eigenvalue weighted by Crippen LogP contribution is 2.32. The highest BCUT2D eigenvalue weighted by Gasteiger charge is 2.35. The Morgan fingerprint density at radius 3 is 2.47 bits per heavy atom. The second kappa shape index (κ2) is 6.97. The predicted octanol–water partition coefficient (Wildman–Crippen LogP) is 0.977. The Bertz CT molecular complexity index is 235. The molecule has 0 heterocycles. The lowest BCUT2D eigenvalue weighted by Crippen LogP contribution is -2.51. The van der Waals surface area contributed by atoms with E-state index in [9.17, 15) is 4.79 Å². The first-order chi connectivity index (χ1) is 8.10. The van der Waals surface area contributed by atoms with Crippen molar-refractivity contribution < 1.29 is 4.79 Å². The third-order valence-corrected chi connectivity index (χ3v) is 3.88. The van der Waals surface area contributed by atoms with Crippen molar-refractivity contribution in [2.45, 2.75) is 44.6 Å². The van der Waals surface area contributed by atoms with E-state index in [1.165, 1.54) is 25.7 Å². The van der Waals surface area contributed by atoms with Gasteiger partial charge in [-0.15, -0.1) is 0 Å². The molecule has 0 saturated heterocycles. The van der Waals surface area contributed by atoms with Crippen molar-refractivity contribution >= 4 is 5.91 Å². The average Bonchev–Trinajstić information content (AvgIpc) is 2.77. The molecule has 1 aliphatic carbocycles. The Balaban J connectivity index is 2.30. The molecule has 1 rings (SSSR count). The maximum atomic E-state index is 11.7. The number of likely N-dealkylation sites (N-methyl/N-ethyl adjacent to an activating group) is 1. The molecule has 1 saturated carbocycles. The van der Waals surface area contributed by atoms with Crippen molar-refractivity contribution in [2.24, 2.45) is 0 Å². The van der Waals surface area contributed by atoms with Crippen molar-refractivity contribution in [1.29, 1.82) is 0 Å². The number of amides is 1. The number of rotatable bonds is 7. The molecule has 17 heavy (non-hydrogen) atoms. The van der Waals surface area contributed by atoms with Crippen molar-refractivity contribution in [3.8, 4) is 0 Å². The van der Waals surface area contributed by atoms with Crippen molar-refractivity contribution in [3.05, 3.63) is 0 Å². The normalized spacial score (nSPS) is 18.6. The van der Waals surface area contributed by atoms with Gasteiger partial charge in [-0.1, -0.05) is 19.8 Å². The summed E-state index contributed by atoms with van der Waals surface area (Å²) in [5.41, 5.74) is 0.202. The van der Waals surface area contributed by atoms with Crippen LogP contribution in [0.15, 0.2) is 0 Å².